The summed E-state index contributed by atoms with van der Waals surface area (Å²) in [4.78, 5) is 13.9. The molecule has 1 aromatic rings. The van der Waals surface area contributed by atoms with Crippen LogP contribution in [0.2, 0.25) is 10.0 Å². The molecule has 0 amide bonds. The van der Waals surface area contributed by atoms with E-state index in [4.69, 9.17) is 23.2 Å². The minimum Gasteiger partial charge on any atom is -0.392 e. The van der Waals surface area contributed by atoms with Crippen molar-refractivity contribution >= 4 is 29.0 Å². The molecule has 3 nitrogen and oxygen atoms in total. The number of nitrogens with zero attached hydrogens (tertiary/aromatic N) is 1. The van der Waals surface area contributed by atoms with Crippen LogP contribution in [-0.4, -0.2) is 41.5 Å². The Morgan fingerprint density at radius 3 is 2.82 bits per heavy atom. The Morgan fingerprint density at radius 1 is 1.47 bits per heavy atom. The average Bonchev–Trinajstić information content (AvgIpc) is 2.63. The number of aliphatic hydroxyl groups is 1. The van der Waals surface area contributed by atoms with E-state index in [0.717, 1.165) is 13.0 Å². The van der Waals surface area contributed by atoms with Gasteiger partial charge in [0.1, 0.15) is 0 Å². The third kappa shape index (κ3) is 3.19. The molecule has 5 heteroatoms. The first kappa shape index (κ1) is 12.8. The zero-order valence-electron chi connectivity index (χ0n) is 9.20. The number of carbonyl (C=O) groups excluding carboxylic acids is 1. The highest BCUT2D eigenvalue weighted by atomic mass is 35.5. The van der Waals surface area contributed by atoms with Gasteiger partial charge in [-0.2, -0.15) is 0 Å². The van der Waals surface area contributed by atoms with E-state index in [0.29, 0.717) is 28.7 Å². The van der Waals surface area contributed by atoms with E-state index in [9.17, 15) is 9.90 Å². The van der Waals surface area contributed by atoms with E-state index in [1.807, 2.05) is 4.90 Å². The van der Waals surface area contributed by atoms with E-state index in [-0.39, 0.29) is 11.9 Å². The predicted molar refractivity (Wildman–Crippen MR) is 67.9 cm³/mol. The lowest BCUT2D eigenvalue weighted by Crippen LogP contribution is -2.28. The Bertz CT molecular complexity index is 437. The molecule has 92 valence electrons. The molecule has 0 bridgehead atoms. The molecule has 1 saturated heterocycles. The molecule has 17 heavy (non-hydrogen) atoms. The second-order valence-electron chi connectivity index (χ2n) is 4.22. The number of Topliss-reactive ketones (excluding diaryl/α,β-unsaturated/α-hetero) is 1. The number of hydrogen-bond donors (Lipinski definition) is 1. The molecule has 0 aromatic heterocycles. The maximum Gasteiger partial charge on any atom is 0.178 e. The van der Waals surface area contributed by atoms with Gasteiger partial charge < -0.3 is 5.11 Å². The second-order valence-corrected chi connectivity index (χ2v) is 5.07. The quantitative estimate of drug-likeness (QED) is 0.859. The van der Waals surface area contributed by atoms with Crippen LogP contribution in [0.4, 0.5) is 0 Å². The largest absolute Gasteiger partial charge is 0.392 e. The number of likely N-dealkylation sites (tertiary alicyclic amines) is 1. The van der Waals surface area contributed by atoms with Crippen molar-refractivity contribution in [3.63, 3.8) is 0 Å². The highest BCUT2D eigenvalue weighted by Gasteiger charge is 2.23. The Labute approximate surface area is 110 Å². The summed E-state index contributed by atoms with van der Waals surface area (Å²) in [5, 5.41) is 10.3. The SMILES string of the molecule is O=C(CN1CCC(O)C1)c1ccc(Cl)cc1Cl. The third-order valence-corrected chi connectivity index (χ3v) is 3.39. The Balaban J connectivity index is 2.04. The topological polar surface area (TPSA) is 40.5 Å². The van der Waals surface area contributed by atoms with Gasteiger partial charge in [-0.1, -0.05) is 23.2 Å². The van der Waals surface area contributed by atoms with E-state index in [2.05, 4.69) is 0 Å². The minimum absolute atomic E-state index is 0.0410. The van der Waals surface area contributed by atoms with Gasteiger partial charge in [0.25, 0.3) is 0 Å². The maximum atomic E-state index is 12.0. The fourth-order valence-electron chi connectivity index (χ4n) is 1.96. The molecule has 0 saturated carbocycles. The molecule has 0 spiro atoms. The molecule has 1 unspecified atom stereocenters. The van der Waals surface area contributed by atoms with Crippen LogP contribution in [-0.2, 0) is 0 Å². The molecule has 1 aromatic carbocycles. The fraction of sp³-hybridized carbons (Fsp3) is 0.417. The highest BCUT2D eigenvalue weighted by Crippen LogP contribution is 2.22. The zero-order chi connectivity index (χ0) is 12.4. The van der Waals surface area contributed by atoms with Crippen LogP contribution in [0.3, 0.4) is 0 Å². The smallest absolute Gasteiger partial charge is 0.178 e. The molecule has 1 N–H and O–H groups in total. The first-order valence-corrected chi connectivity index (χ1v) is 6.20. The normalized spacial score (nSPS) is 20.8. The number of ketones is 1. The van der Waals surface area contributed by atoms with Gasteiger partial charge in [-0.3, -0.25) is 9.69 Å². The number of hydrogen-bond acceptors (Lipinski definition) is 3. The van der Waals surface area contributed by atoms with Crippen molar-refractivity contribution in [2.75, 3.05) is 19.6 Å². The molecule has 1 heterocycles. The van der Waals surface area contributed by atoms with Gasteiger partial charge in [-0.15, -0.1) is 0 Å². The summed E-state index contributed by atoms with van der Waals surface area (Å²) in [5.41, 5.74) is 0.484. The standard InChI is InChI=1S/C12H13Cl2NO2/c13-8-1-2-10(11(14)5-8)12(17)7-15-4-3-9(16)6-15/h1-2,5,9,16H,3-4,6-7H2. The molecular formula is C12H13Cl2NO2. The number of β-amino-alcohol motifs (C(OH)–C–C–N with tert-alkyl or cyclic N) is 1. The highest BCUT2D eigenvalue weighted by molar-refractivity contribution is 6.36. The Kier molecular flexibility index (Phi) is 4.05. The first-order valence-electron chi connectivity index (χ1n) is 5.45. The first-order chi connectivity index (χ1) is 8.06. The summed E-state index contributed by atoms with van der Waals surface area (Å²) >= 11 is 11.7. The van der Waals surface area contributed by atoms with Crippen molar-refractivity contribution < 1.29 is 9.90 Å². The van der Waals surface area contributed by atoms with Crippen LogP contribution in [0.5, 0.6) is 0 Å². The van der Waals surface area contributed by atoms with Crippen molar-refractivity contribution in [1.29, 1.82) is 0 Å². The molecule has 0 aliphatic carbocycles. The van der Waals surface area contributed by atoms with Crippen molar-refractivity contribution in [3.8, 4) is 0 Å². The van der Waals surface area contributed by atoms with Gasteiger partial charge in [0, 0.05) is 23.7 Å². The molecule has 1 aliphatic rings. The summed E-state index contributed by atoms with van der Waals surface area (Å²) in [6, 6.07) is 4.86. The number of benzene rings is 1. The third-order valence-electron chi connectivity index (χ3n) is 2.85. The van der Waals surface area contributed by atoms with Gasteiger partial charge in [0.2, 0.25) is 0 Å². The summed E-state index contributed by atoms with van der Waals surface area (Å²) in [6.45, 7) is 1.59. The van der Waals surface area contributed by atoms with Crippen LogP contribution in [0.25, 0.3) is 0 Å². The molecule has 0 radical (unpaired) electrons. The van der Waals surface area contributed by atoms with E-state index in [1.54, 1.807) is 18.2 Å². The van der Waals surface area contributed by atoms with Crippen LogP contribution in [0.15, 0.2) is 18.2 Å². The van der Waals surface area contributed by atoms with Crippen molar-refractivity contribution in [1.82, 2.24) is 4.90 Å². The van der Waals surface area contributed by atoms with Gasteiger partial charge >= 0.3 is 0 Å². The lowest BCUT2D eigenvalue weighted by Gasteiger charge is -2.14. The van der Waals surface area contributed by atoms with Crippen molar-refractivity contribution in [2.45, 2.75) is 12.5 Å². The summed E-state index contributed by atoms with van der Waals surface area (Å²) < 4.78 is 0. The predicted octanol–water partition coefficient (Wildman–Crippen LogP) is 2.24. The van der Waals surface area contributed by atoms with Crippen LogP contribution in [0.1, 0.15) is 16.8 Å². The zero-order valence-corrected chi connectivity index (χ0v) is 10.7. The molecule has 1 aliphatic heterocycles. The number of halogens is 2. The van der Waals surface area contributed by atoms with Crippen LogP contribution < -0.4 is 0 Å². The van der Waals surface area contributed by atoms with Gasteiger partial charge in [0.15, 0.2) is 5.78 Å². The number of rotatable bonds is 3. The van der Waals surface area contributed by atoms with E-state index in [1.165, 1.54) is 0 Å². The maximum absolute atomic E-state index is 12.0. The lowest BCUT2D eigenvalue weighted by atomic mass is 10.1. The van der Waals surface area contributed by atoms with Crippen molar-refractivity contribution in [2.24, 2.45) is 0 Å². The Hall–Kier alpha value is -0.610. The average molecular weight is 274 g/mol. The Morgan fingerprint density at radius 2 is 2.24 bits per heavy atom. The number of carbonyl (C=O) groups is 1. The van der Waals surface area contributed by atoms with E-state index >= 15 is 0 Å². The van der Waals surface area contributed by atoms with E-state index < -0.39 is 0 Å². The molecule has 1 atom stereocenters. The summed E-state index contributed by atoms with van der Waals surface area (Å²) in [5.74, 6) is -0.0410. The monoisotopic (exact) mass is 273 g/mol. The summed E-state index contributed by atoms with van der Waals surface area (Å²) in [6.07, 6.45) is 0.408. The molecular weight excluding hydrogens is 261 g/mol. The van der Waals surface area contributed by atoms with Crippen LogP contribution >= 0.6 is 23.2 Å². The van der Waals surface area contributed by atoms with Crippen LogP contribution in [0, 0.1) is 0 Å². The lowest BCUT2D eigenvalue weighted by molar-refractivity contribution is 0.0935. The number of aliphatic hydroxyl groups excluding tert-OH is 1. The van der Waals surface area contributed by atoms with Gasteiger partial charge in [0.05, 0.1) is 17.7 Å². The molecule has 2 rings (SSSR count). The fourth-order valence-corrected chi connectivity index (χ4v) is 2.47. The molecule has 1 fully saturated rings. The minimum atomic E-state index is -0.316. The van der Waals surface area contributed by atoms with Gasteiger partial charge in [-0.05, 0) is 24.6 Å². The summed E-state index contributed by atoms with van der Waals surface area (Å²) in [7, 11) is 0. The second kappa shape index (κ2) is 5.36. The van der Waals surface area contributed by atoms with Crippen molar-refractivity contribution in [3.05, 3.63) is 33.8 Å². The van der Waals surface area contributed by atoms with Gasteiger partial charge in [-0.25, -0.2) is 0 Å².